The molecule has 3 nitrogen and oxygen atoms in total. The van der Waals surface area contributed by atoms with Gasteiger partial charge in [0.2, 0.25) is 0 Å². The summed E-state index contributed by atoms with van der Waals surface area (Å²) in [6.45, 7) is 4.99. The van der Waals surface area contributed by atoms with E-state index in [0.29, 0.717) is 0 Å². The van der Waals surface area contributed by atoms with Gasteiger partial charge in [-0.1, -0.05) is 26.2 Å². The molecular formula is C13H25NO2. The summed E-state index contributed by atoms with van der Waals surface area (Å²) >= 11 is 0. The Morgan fingerprint density at radius 2 is 2.19 bits per heavy atom. The van der Waals surface area contributed by atoms with Gasteiger partial charge >= 0.3 is 5.97 Å². The summed E-state index contributed by atoms with van der Waals surface area (Å²) < 4.78 is 0. The van der Waals surface area contributed by atoms with Gasteiger partial charge in [0.25, 0.3) is 0 Å². The van der Waals surface area contributed by atoms with Crippen molar-refractivity contribution < 1.29 is 9.90 Å². The Bertz CT molecular complexity index is 230. The number of nitrogens with zero attached hydrogens (tertiary/aromatic N) is 1. The minimum atomic E-state index is -0.723. The Labute approximate surface area is 98.8 Å². The third-order valence-corrected chi connectivity index (χ3v) is 3.95. The molecule has 3 unspecified atom stereocenters. The number of carbonyl (C=O) groups is 1. The molecule has 0 radical (unpaired) electrons. The lowest BCUT2D eigenvalue weighted by Gasteiger charge is -2.29. The van der Waals surface area contributed by atoms with Crippen LogP contribution in [0, 0.1) is 11.8 Å². The van der Waals surface area contributed by atoms with Crippen LogP contribution in [-0.2, 0) is 4.79 Å². The van der Waals surface area contributed by atoms with E-state index in [4.69, 9.17) is 5.11 Å². The second-order valence-corrected chi connectivity index (χ2v) is 5.42. The maximum absolute atomic E-state index is 10.8. The van der Waals surface area contributed by atoms with Crippen LogP contribution in [0.15, 0.2) is 0 Å². The van der Waals surface area contributed by atoms with Crippen LogP contribution in [0.4, 0.5) is 0 Å². The highest BCUT2D eigenvalue weighted by Crippen LogP contribution is 2.30. The van der Waals surface area contributed by atoms with Crippen molar-refractivity contribution in [2.45, 2.75) is 52.0 Å². The molecule has 3 heteroatoms. The van der Waals surface area contributed by atoms with Crippen molar-refractivity contribution in [3.05, 3.63) is 0 Å². The van der Waals surface area contributed by atoms with E-state index in [2.05, 4.69) is 6.92 Å². The van der Waals surface area contributed by atoms with Crippen molar-refractivity contribution in [1.29, 1.82) is 0 Å². The van der Waals surface area contributed by atoms with Crippen LogP contribution >= 0.6 is 0 Å². The lowest BCUT2D eigenvalue weighted by molar-refractivity contribution is -0.142. The van der Waals surface area contributed by atoms with Crippen molar-refractivity contribution in [2.24, 2.45) is 11.8 Å². The predicted octanol–water partition coefficient (Wildman–Crippen LogP) is 2.61. The lowest BCUT2D eigenvalue weighted by atomic mass is 9.81. The van der Waals surface area contributed by atoms with Crippen LogP contribution in [0.5, 0.6) is 0 Å². The van der Waals surface area contributed by atoms with Gasteiger partial charge in [-0.3, -0.25) is 9.69 Å². The summed E-state index contributed by atoms with van der Waals surface area (Å²) in [4.78, 5) is 12.7. The standard InChI is InChI=1S/C13H25NO2/c1-10-5-4-6-12(9-10)7-8-14(3)11(2)13(15)16/h10-12H,4-9H2,1-3H3,(H,15,16). The fourth-order valence-electron chi connectivity index (χ4n) is 2.59. The van der Waals surface area contributed by atoms with E-state index in [0.717, 1.165) is 24.8 Å². The number of aliphatic carboxylic acids is 1. The number of hydrogen-bond donors (Lipinski definition) is 1. The minimum absolute atomic E-state index is 0.360. The summed E-state index contributed by atoms with van der Waals surface area (Å²) in [6.07, 6.45) is 6.54. The first-order chi connectivity index (χ1) is 7.50. The summed E-state index contributed by atoms with van der Waals surface area (Å²) in [7, 11) is 1.91. The van der Waals surface area contributed by atoms with E-state index in [-0.39, 0.29) is 6.04 Å². The van der Waals surface area contributed by atoms with Gasteiger partial charge in [-0.05, 0) is 45.2 Å². The summed E-state index contributed by atoms with van der Waals surface area (Å²) in [5.41, 5.74) is 0. The molecule has 1 N–H and O–H groups in total. The molecule has 1 rings (SSSR count). The Morgan fingerprint density at radius 3 is 2.75 bits per heavy atom. The fourth-order valence-corrected chi connectivity index (χ4v) is 2.59. The summed E-state index contributed by atoms with van der Waals surface area (Å²) in [5.74, 6) is 0.952. The molecule has 3 atom stereocenters. The van der Waals surface area contributed by atoms with E-state index in [1.165, 1.54) is 25.7 Å². The quantitative estimate of drug-likeness (QED) is 0.785. The second-order valence-electron chi connectivity index (χ2n) is 5.42. The molecule has 16 heavy (non-hydrogen) atoms. The molecular weight excluding hydrogens is 202 g/mol. The van der Waals surface area contributed by atoms with Crippen LogP contribution < -0.4 is 0 Å². The topological polar surface area (TPSA) is 40.5 Å². The molecule has 1 aliphatic carbocycles. The van der Waals surface area contributed by atoms with Crippen LogP contribution in [-0.4, -0.2) is 35.6 Å². The number of hydrogen-bond acceptors (Lipinski definition) is 2. The van der Waals surface area contributed by atoms with Crippen LogP contribution in [0.1, 0.15) is 46.0 Å². The maximum Gasteiger partial charge on any atom is 0.320 e. The van der Waals surface area contributed by atoms with E-state index < -0.39 is 5.97 Å². The molecule has 0 aromatic rings. The first-order valence-electron chi connectivity index (χ1n) is 6.43. The van der Waals surface area contributed by atoms with Gasteiger partial charge in [0.05, 0.1) is 0 Å². The van der Waals surface area contributed by atoms with E-state index in [1.54, 1.807) is 6.92 Å². The SMILES string of the molecule is CC1CCCC(CCN(C)C(C)C(=O)O)C1. The molecule has 0 amide bonds. The number of carboxylic acids is 1. The zero-order valence-corrected chi connectivity index (χ0v) is 10.8. The normalized spacial score (nSPS) is 28.0. The van der Waals surface area contributed by atoms with Crippen LogP contribution in [0.2, 0.25) is 0 Å². The van der Waals surface area contributed by atoms with Gasteiger partial charge in [-0.25, -0.2) is 0 Å². The van der Waals surface area contributed by atoms with Crippen molar-refractivity contribution >= 4 is 5.97 Å². The van der Waals surface area contributed by atoms with E-state index in [1.807, 2.05) is 11.9 Å². The molecule has 0 saturated heterocycles. The number of likely N-dealkylation sites (N-methyl/N-ethyl adjacent to an activating group) is 1. The zero-order valence-electron chi connectivity index (χ0n) is 10.8. The Morgan fingerprint density at radius 1 is 1.50 bits per heavy atom. The van der Waals surface area contributed by atoms with Crippen molar-refractivity contribution in [3.8, 4) is 0 Å². The van der Waals surface area contributed by atoms with Gasteiger partial charge in [0.1, 0.15) is 6.04 Å². The van der Waals surface area contributed by atoms with Gasteiger partial charge in [0.15, 0.2) is 0 Å². The maximum atomic E-state index is 10.8. The highest BCUT2D eigenvalue weighted by atomic mass is 16.4. The number of carboxylic acid groups (broad SMARTS) is 1. The van der Waals surface area contributed by atoms with Crippen LogP contribution in [0.3, 0.4) is 0 Å². The smallest absolute Gasteiger partial charge is 0.320 e. The third kappa shape index (κ3) is 4.12. The Hall–Kier alpha value is -0.570. The molecule has 0 spiro atoms. The molecule has 1 aliphatic rings. The molecule has 1 fully saturated rings. The number of rotatable bonds is 5. The largest absolute Gasteiger partial charge is 0.480 e. The third-order valence-electron chi connectivity index (χ3n) is 3.95. The second kappa shape index (κ2) is 6.24. The summed E-state index contributed by atoms with van der Waals surface area (Å²) in [5, 5.41) is 8.89. The average Bonchev–Trinajstić information content (AvgIpc) is 2.24. The molecule has 0 aliphatic heterocycles. The Kier molecular flexibility index (Phi) is 5.26. The predicted molar refractivity (Wildman–Crippen MR) is 65.5 cm³/mol. The monoisotopic (exact) mass is 227 g/mol. The summed E-state index contributed by atoms with van der Waals surface area (Å²) in [6, 6.07) is -0.360. The van der Waals surface area contributed by atoms with Gasteiger partial charge in [-0.2, -0.15) is 0 Å². The Balaban J connectivity index is 2.25. The molecule has 1 saturated carbocycles. The first-order valence-corrected chi connectivity index (χ1v) is 6.43. The highest BCUT2D eigenvalue weighted by Gasteiger charge is 2.21. The molecule has 0 aromatic heterocycles. The molecule has 94 valence electrons. The molecule has 0 bridgehead atoms. The highest BCUT2D eigenvalue weighted by molar-refractivity contribution is 5.72. The van der Waals surface area contributed by atoms with E-state index in [9.17, 15) is 4.79 Å². The fraction of sp³-hybridized carbons (Fsp3) is 0.923. The zero-order chi connectivity index (χ0) is 12.1. The molecule has 0 heterocycles. The average molecular weight is 227 g/mol. The minimum Gasteiger partial charge on any atom is -0.480 e. The first kappa shape index (κ1) is 13.5. The lowest BCUT2D eigenvalue weighted by Crippen LogP contribution is -2.37. The van der Waals surface area contributed by atoms with Gasteiger partial charge < -0.3 is 5.11 Å². The van der Waals surface area contributed by atoms with Gasteiger partial charge in [0, 0.05) is 0 Å². The van der Waals surface area contributed by atoms with Gasteiger partial charge in [-0.15, -0.1) is 0 Å². The van der Waals surface area contributed by atoms with Crippen molar-refractivity contribution in [2.75, 3.05) is 13.6 Å². The van der Waals surface area contributed by atoms with Crippen molar-refractivity contribution in [3.63, 3.8) is 0 Å². The van der Waals surface area contributed by atoms with E-state index >= 15 is 0 Å². The van der Waals surface area contributed by atoms with Crippen LogP contribution in [0.25, 0.3) is 0 Å². The molecule has 0 aromatic carbocycles. The van der Waals surface area contributed by atoms with Crippen molar-refractivity contribution in [1.82, 2.24) is 4.90 Å².